The summed E-state index contributed by atoms with van der Waals surface area (Å²) < 4.78 is 40.0. The van der Waals surface area contributed by atoms with Gasteiger partial charge in [-0.05, 0) is 30.5 Å². The molecular weight excluding hydrogens is 426 g/mol. The maximum Gasteiger partial charge on any atom is 0.285 e. The van der Waals surface area contributed by atoms with Gasteiger partial charge in [0, 0.05) is 18.7 Å². The molecule has 1 saturated heterocycles. The Morgan fingerprint density at radius 3 is 2.58 bits per heavy atom. The van der Waals surface area contributed by atoms with E-state index in [0.717, 1.165) is 12.8 Å². The zero-order chi connectivity index (χ0) is 21.2. The molecule has 0 spiro atoms. The van der Waals surface area contributed by atoms with Crippen LogP contribution in [0.4, 0.5) is 8.78 Å². The first-order chi connectivity index (χ1) is 14.5. The average molecular weight is 455 g/mol. The van der Waals surface area contributed by atoms with Gasteiger partial charge in [0.1, 0.15) is 5.75 Å². The van der Waals surface area contributed by atoms with Crippen LogP contribution >= 0.6 is 12.4 Å². The van der Waals surface area contributed by atoms with Crippen molar-refractivity contribution in [2.24, 2.45) is 0 Å². The summed E-state index contributed by atoms with van der Waals surface area (Å²) in [6.07, 6.45) is 1.67. The zero-order valence-corrected chi connectivity index (χ0v) is 18.2. The lowest BCUT2D eigenvalue weighted by atomic mass is 10.1. The summed E-state index contributed by atoms with van der Waals surface area (Å²) in [5.74, 6) is -2.87. The van der Waals surface area contributed by atoms with E-state index in [1.54, 1.807) is 17.0 Å². The lowest BCUT2D eigenvalue weighted by Crippen LogP contribution is -2.46. The van der Waals surface area contributed by atoms with Gasteiger partial charge in [-0.2, -0.15) is 8.78 Å². The van der Waals surface area contributed by atoms with Crippen molar-refractivity contribution in [3.8, 4) is 5.75 Å². The molecule has 0 aliphatic carbocycles. The van der Waals surface area contributed by atoms with E-state index in [0.29, 0.717) is 38.7 Å². The van der Waals surface area contributed by atoms with Crippen LogP contribution < -0.4 is 10.1 Å². The number of morpholine rings is 1. The molecule has 1 N–H and O–H groups in total. The lowest BCUT2D eigenvalue weighted by Gasteiger charge is -2.27. The second-order valence-corrected chi connectivity index (χ2v) is 7.27. The molecule has 1 amide bonds. The van der Waals surface area contributed by atoms with E-state index in [1.807, 2.05) is 18.2 Å². The first-order valence-corrected chi connectivity index (χ1v) is 10.3. The second-order valence-electron chi connectivity index (χ2n) is 7.27. The smallest absolute Gasteiger partial charge is 0.285 e. The van der Waals surface area contributed by atoms with E-state index < -0.39 is 12.5 Å². The van der Waals surface area contributed by atoms with Gasteiger partial charge in [0.2, 0.25) is 5.91 Å². The van der Waals surface area contributed by atoms with Crippen LogP contribution in [0.15, 0.2) is 54.6 Å². The van der Waals surface area contributed by atoms with Crippen molar-refractivity contribution in [1.82, 2.24) is 10.2 Å². The van der Waals surface area contributed by atoms with Gasteiger partial charge < -0.3 is 19.7 Å². The third-order valence-electron chi connectivity index (χ3n) is 4.96. The van der Waals surface area contributed by atoms with E-state index >= 15 is 0 Å². The number of aryl methyl sites for hydroxylation is 1. The quantitative estimate of drug-likeness (QED) is 0.557. The van der Waals surface area contributed by atoms with Gasteiger partial charge >= 0.3 is 0 Å². The van der Waals surface area contributed by atoms with Crippen molar-refractivity contribution in [2.75, 3.05) is 46.0 Å². The highest BCUT2D eigenvalue weighted by Crippen LogP contribution is 2.29. The van der Waals surface area contributed by atoms with Crippen LogP contribution in [0.1, 0.15) is 17.5 Å². The molecular formula is C23H29ClF2N2O3. The van der Waals surface area contributed by atoms with Gasteiger partial charge in [0.15, 0.2) is 0 Å². The SMILES string of the molecule is Cl.O=C(CNCC(F)(F)c1cccc(OCCCc2ccccc2)c1)N1CCOCC1. The normalized spacial score (nSPS) is 14.1. The predicted octanol–water partition coefficient (Wildman–Crippen LogP) is 3.66. The number of ether oxygens (including phenoxy) is 2. The average Bonchev–Trinajstić information content (AvgIpc) is 2.78. The molecule has 0 radical (unpaired) electrons. The molecule has 8 heteroatoms. The predicted molar refractivity (Wildman–Crippen MR) is 118 cm³/mol. The largest absolute Gasteiger partial charge is 0.494 e. The minimum atomic E-state index is -3.10. The fourth-order valence-corrected chi connectivity index (χ4v) is 3.28. The summed E-state index contributed by atoms with van der Waals surface area (Å²) >= 11 is 0. The Morgan fingerprint density at radius 1 is 1.10 bits per heavy atom. The Hall–Kier alpha value is -2.22. The Kier molecular flexibility index (Phi) is 10.2. The van der Waals surface area contributed by atoms with Crippen molar-refractivity contribution >= 4 is 18.3 Å². The van der Waals surface area contributed by atoms with Crippen LogP contribution in [-0.2, 0) is 21.9 Å². The van der Waals surface area contributed by atoms with Crippen molar-refractivity contribution in [3.05, 3.63) is 65.7 Å². The number of hydrogen-bond acceptors (Lipinski definition) is 4. The van der Waals surface area contributed by atoms with E-state index in [4.69, 9.17) is 9.47 Å². The molecule has 1 aliphatic rings. The molecule has 170 valence electrons. The van der Waals surface area contributed by atoms with E-state index in [2.05, 4.69) is 17.4 Å². The molecule has 2 aromatic carbocycles. The molecule has 0 bridgehead atoms. The van der Waals surface area contributed by atoms with Crippen LogP contribution in [-0.4, -0.2) is 56.8 Å². The highest BCUT2D eigenvalue weighted by molar-refractivity contribution is 5.85. The van der Waals surface area contributed by atoms with Crippen LogP contribution in [0.5, 0.6) is 5.75 Å². The number of alkyl halides is 2. The summed E-state index contributed by atoms with van der Waals surface area (Å²) in [5.41, 5.74) is 1.09. The van der Waals surface area contributed by atoms with Crippen molar-refractivity contribution in [1.29, 1.82) is 0 Å². The second kappa shape index (κ2) is 12.6. The molecule has 5 nitrogen and oxygen atoms in total. The molecule has 0 atom stereocenters. The monoisotopic (exact) mass is 454 g/mol. The van der Waals surface area contributed by atoms with Gasteiger partial charge in [-0.25, -0.2) is 0 Å². The van der Waals surface area contributed by atoms with E-state index in [-0.39, 0.29) is 30.4 Å². The first kappa shape index (κ1) is 25.0. The molecule has 2 aromatic rings. The van der Waals surface area contributed by atoms with Crippen molar-refractivity contribution in [2.45, 2.75) is 18.8 Å². The van der Waals surface area contributed by atoms with Crippen LogP contribution in [0, 0.1) is 0 Å². The Labute approximate surface area is 188 Å². The third-order valence-corrected chi connectivity index (χ3v) is 4.96. The highest BCUT2D eigenvalue weighted by Gasteiger charge is 2.32. The van der Waals surface area contributed by atoms with Crippen LogP contribution in [0.3, 0.4) is 0 Å². The fraction of sp³-hybridized carbons (Fsp3) is 0.435. The topological polar surface area (TPSA) is 50.8 Å². The number of halogens is 3. The highest BCUT2D eigenvalue weighted by atomic mass is 35.5. The Balaban J connectivity index is 0.00000341. The van der Waals surface area contributed by atoms with E-state index in [9.17, 15) is 13.6 Å². The maximum absolute atomic E-state index is 14.6. The molecule has 0 aromatic heterocycles. The maximum atomic E-state index is 14.6. The van der Waals surface area contributed by atoms with Crippen LogP contribution in [0.25, 0.3) is 0 Å². The summed E-state index contributed by atoms with van der Waals surface area (Å²) in [6, 6.07) is 16.0. The standard InChI is InChI=1S/C23H28F2N2O3.ClH/c24-23(25,18-26-17-22(28)27-11-14-29-15-12-27)20-9-4-10-21(16-20)30-13-5-8-19-6-2-1-3-7-19;/h1-4,6-7,9-10,16,26H,5,8,11-15,17-18H2;1H. The Morgan fingerprint density at radius 2 is 1.84 bits per heavy atom. The number of amides is 1. The van der Waals surface area contributed by atoms with Crippen molar-refractivity contribution in [3.63, 3.8) is 0 Å². The zero-order valence-electron chi connectivity index (χ0n) is 17.4. The summed E-state index contributed by atoms with van der Waals surface area (Å²) in [4.78, 5) is 13.7. The number of rotatable bonds is 10. The molecule has 0 unspecified atom stereocenters. The van der Waals surface area contributed by atoms with Gasteiger partial charge in [0.05, 0.1) is 32.9 Å². The lowest BCUT2D eigenvalue weighted by molar-refractivity contribution is -0.134. The molecule has 0 saturated carbocycles. The number of benzene rings is 2. The van der Waals surface area contributed by atoms with Crippen LogP contribution in [0.2, 0.25) is 0 Å². The Bertz CT molecular complexity index is 802. The molecule has 1 heterocycles. The summed E-state index contributed by atoms with van der Waals surface area (Å²) in [7, 11) is 0. The summed E-state index contributed by atoms with van der Waals surface area (Å²) in [6.45, 7) is 1.70. The number of carbonyl (C=O) groups is 1. The van der Waals surface area contributed by atoms with Gasteiger partial charge in [0.25, 0.3) is 5.92 Å². The number of hydrogen-bond donors (Lipinski definition) is 1. The molecule has 31 heavy (non-hydrogen) atoms. The van der Waals surface area contributed by atoms with Crippen molar-refractivity contribution < 1.29 is 23.0 Å². The molecule has 1 fully saturated rings. The fourth-order valence-electron chi connectivity index (χ4n) is 3.28. The minimum absolute atomic E-state index is 0. The molecule has 3 rings (SSSR count). The third kappa shape index (κ3) is 8.09. The van der Waals surface area contributed by atoms with Gasteiger partial charge in [-0.1, -0.05) is 42.5 Å². The minimum Gasteiger partial charge on any atom is -0.494 e. The van der Waals surface area contributed by atoms with E-state index in [1.165, 1.54) is 17.7 Å². The summed E-state index contributed by atoms with van der Waals surface area (Å²) in [5, 5.41) is 2.59. The molecule has 1 aliphatic heterocycles. The number of nitrogens with zero attached hydrogens (tertiary/aromatic N) is 1. The first-order valence-electron chi connectivity index (χ1n) is 10.3. The van der Waals surface area contributed by atoms with Gasteiger partial charge in [-0.3, -0.25) is 4.79 Å². The number of nitrogens with one attached hydrogen (secondary N) is 1. The van der Waals surface area contributed by atoms with Gasteiger partial charge in [-0.15, -0.1) is 12.4 Å². The number of carbonyl (C=O) groups excluding carboxylic acids is 1.